The van der Waals surface area contributed by atoms with Crippen LogP contribution < -0.4 is 5.32 Å². The summed E-state index contributed by atoms with van der Waals surface area (Å²) in [6, 6.07) is 3.74. The van der Waals surface area contributed by atoms with Crippen LogP contribution in [0.15, 0.2) is 21.2 Å². The Hall–Kier alpha value is -0.330. The minimum atomic E-state index is -2.76. The first-order valence-corrected chi connectivity index (χ1v) is 7.82. The lowest BCUT2D eigenvalue weighted by Gasteiger charge is -2.07. The van der Waals surface area contributed by atoms with E-state index in [1.165, 1.54) is 0 Å². The maximum atomic E-state index is 11.2. The Morgan fingerprint density at radius 3 is 2.88 bits per heavy atom. The van der Waals surface area contributed by atoms with Gasteiger partial charge in [0, 0.05) is 0 Å². The van der Waals surface area contributed by atoms with Crippen LogP contribution in [0.25, 0.3) is 0 Å². The zero-order chi connectivity index (χ0) is 11.6. The molecule has 0 spiro atoms. The summed E-state index contributed by atoms with van der Waals surface area (Å²) in [5.74, 6) is 1.77. The lowest BCUT2D eigenvalue weighted by Crippen LogP contribution is -2.23. The highest BCUT2D eigenvalue weighted by Crippen LogP contribution is 2.18. The van der Waals surface area contributed by atoms with E-state index in [1.54, 1.807) is 0 Å². The van der Waals surface area contributed by atoms with Crippen LogP contribution in [-0.2, 0) is 16.4 Å². The number of rotatable bonds is 4. The van der Waals surface area contributed by atoms with Crippen LogP contribution in [0.2, 0.25) is 0 Å². The molecule has 90 valence electrons. The smallest absolute Gasteiger partial charge is 0.169 e. The third-order valence-corrected chi connectivity index (χ3v) is 4.95. The maximum absolute atomic E-state index is 11.2. The van der Waals surface area contributed by atoms with Gasteiger partial charge in [-0.25, -0.2) is 8.42 Å². The molecule has 0 saturated carbocycles. The Balaban J connectivity index is 1.73. The van der Waals surface area contributed by atoms with Gasteiger partial charge in [0.25, 0.3) is 0 Å². The largest absolute Gasteiger partial charge is 0.453 e. The van der Waals surface area contributed by atoms with E-state index in [0.717, 1.165) is 18.7 Å². The van der Waals surface area contributed by atoms with Crippen LogP contribution in [0.4, 0.5) is 0 Å². The van der Waals surface area contributed by atoms with Gasteiger partial charge in [-0.3, -0.25) is 0 Å². The summed E-state index contributed by atoms with van der Waals surface area (Å²) in [6.45, 7) is 1.37. The molecule has 1 aromatic heterocycles. The monoisotopic (exact) mass is 307 g/mol. The third kappa shape index (κ3) is 3.33. The van der Waals surface area contributed by atoms with Crippen LogP contribution in [0, 0.1) is 5.92 Å². The minimum absolute atomic E-state index is 0.253. The summed E-state index contributed by atoms with van der Waals surface area (Å²) in [6.07, 6.45) is 0.775. The fraction of sp³-hybridized carbons (Fsp3) is 0.600. The molecule has 1 aliphatic heterocycles. The fourth-order valence-electron chi connectivity index (χ4n) is 1.88. The van der Waals surface area contributed by atoms with Gasteiger partial charge < -0.3 is 9.73 Å². The summed E-state index contributed by atoms with van der Waals surface area (Å²) in [5.41, 5.74) is 0. The molecule has 0 bridgehead atoms. The maximum Gasteiger partial charge on any atom is 0.169 e. The molecule has 1 fully saturated rings. The summed E-state index contributed by atoms with van der Waals surface area (Å²) in [7, 11) is -2.76. The Bertz CT molecular complexity index is 454. The Morgan fingerprint density at radius 1 is 1.50 bits per heavy atom. The van der Waals surface area contributed by atoms with Crippen molar-refractivity contribution in [3.63, 3.8) is 0 Å². The van der Waals surface area contributed by atoms with Gasteiger partial charge >= 0.3 is 0 Å². The molecule has 0 amide bonds. The Morgan fingerprint density at radius 2 is 2.31 bits per heavy atom. The lowest BCUT2D eigenvalue weighted by atomic mass is 10.1. The van der Waals surface area contributed by atoms with Gasteiger partial charge in [0.05, 0.1) is 18.1 Å². The predicted molar refractivity (Wildman–Crippen MR) is 64.9 cm³/mol. The van der Waals surface area contributed by atoms with Crippen molar-refractivity contribution in [2.24, 2.45) is 5.92 Å². The number of halogens is 1. The first-order chi connectivity index (χ1) is 7.55. The zero-order valence-electron chi connectivity index (χ0n) is 8.78. The predicted octanol–water partition coefficient (Wildman–Crippen LogP) is 1.57. The fourth-order valence-corrected chi connectivity index (χ4v) is 4.08. The summed E-state index contributed by atoms with van der Waals surface area (Å²) < 4.78 is 28.5. The normalized spacial score (nSPS) is 23.7. The standard InChI is InChI=1S/C10H14BrNO3S/c11-10-2-1-9(15-10)6-12-5-8-3-4-16(13,14)7-8/h1-2,8,12H,3-7H2. The molecule has 1 aromatic rings. The van der Waals surface area contributed by atoms with E-state index < -0.39 is 9.84 Å². The average molecular weight is 308 g/mol. The summed E-state index contributed by atoms with van der Waals surface area (Å²) >= 11 is 3.23. The van der Waals surface area contributed by atoms with Crippen LogP contribution in [0.1, 0.15) is 12.2 Å². The molecule has 1 atom stereocenters. The van der Waals surface area contributed by atoms with Crippen molar-refractivity contribution in [2.75, 3.05) is 18.1 Å². The first kappa shape index (κ1) is 12.1. The zero-order valence-corrected chi connectivity index (χ0v) is 11.2. The van der Waals surface area contributed by atoms with E-state index in [-0.39, 0.29) is 5.92 Å². The van der Waals surface area contributed by atoms with Crippen LogP contribution in [0.5, 0.6) is 0 Å². The molecule has 16 heavy (non-hydrogen) atoms. The SMILES string of the molecule is O=S1(=O)CCC(CNCc2ccc(Br)o2)C1. The number of hydrogen-bond donors (Lipinski definition) is 1. The Labute approximate surface area is 103 Å². The van der Waals surface area contributed by atoms with Crippen LogP contribution in [-0.4, -0.2) is 26.5 Å². The van der Waals surface area contributed by atoms with Crippen molar-refractivity contribution < 1.29 is 12.8 Å². The molecular formula is C10H14BrNO3S. The average Bonchev–Trinajstić information content (AvgIpc) is 2.73. The van der Waals surface area contributed by atoms with Crippen molar-refractivity contribution in [1.29, 1.82) is 0 Å². The molecular weight excluding hydrogens is 294 g/mol. The molecule has 1 unspecified atom stereocenters. The second kappa shape index (κ2) is 4.89. The van der Waals surface area contributed by atoms with E-state index in [0.29, 0.717) is 22.7 Å². The highest BCUT2D eigenvalue weighted by atomic mass is 79.9. The number of hydrogen-bond acceptors (Lipinski definition) is 4. The van der Waals surface area contributed by atoms with Crippen molar-refractivity contribution >= 4 is 25.8 Å². The molecule has 1 N–H and O–H groups in total. The second-order valence-electron chi connectivity index (χ2n) is 4.11. The summed E-state index contributed by atoms with van der Waals surface area (Å²) in [4.78, 5) is 0. The van der Waals surface area contributed by atoms with Crippen molar-refractivity contribution in [1.82, 2.24) is 5.32 Å². The van der Waals surface area contributed by atoms with Gasteiger partial charge in [-0.2, -0.15) is 0 Å². The third-order valence-electron chi connectivity index (χ3n) is 2.69. The van der Waals surface area contributed by atoms with Gasteiger partial charge in [0.2, 0.25) is 0 Å². The molecule has 2 rings (SSSR count). The number of furan rings is 1. The van der Waals surface area contributed by atoms with Gasteiger partial charge in [-0.15, -0.1) is 0 Å². The highest BCUT2D eigenvalue weighted by Gasteiger charge is 2.27. The van der Waals surface area contributed by atoms with Gasteiger partial charge in [-0.1, -0.05) is 0 Å². The van der Waals surface area contributed by atoms with E-state index in [1.807, 2.05) is 12.1 Å². The molecule has 0 aromatic carbocycles. The molecule has 1 aliphatic rings. The molecule has 0 radical (unpaired) electrons. The summed E-state index contributed by atoms with van der Waals surface area (Å²) in [5, 5.41) is 3.22. The van der Waals surface area contributed by atoms with Gasteiger partial charge in [-0.05, 0) is 46.9 Å². The molecule has 6 heteroatoms. The minimum Gasteiger partial charge on any atom is -0.453 e. The first-order valence-electron chi connectivity index (χ1n) is 5.20. The second-order valence-corrected chi connectivity index (χ2v) is 7.12. The van der Waals surface area contributed by atoms with Crippen molar-refractivity contribution in [3.05, 3.63) is 22.6 Å². The Kier molecular flexibility index (Phi) is 3.71. The molecule has 4 nitrogen and oxygen atoms in total. The number of nitrogens with one attached hydrogen (secondary N) is 1. The molecule has 1 saturated heterocycles. The van der Waals surface area contributed by atoms with Gasteiger partial charge in [0.1, 0.15) is 5.76 Å². The van der Waals surface area contributed by atoms with Crippen molar-refractivity contribution in [2.45, 2.75) is 13.0 Å². The lowest BCUT2D eigenvalue weighted by molar-refractivity contribution is 0.445. The van der Waals surface area contributed by atoms with Crippen molar-refractivity contribution in [3.8, 4) is 0 Å². The quantitative estimate of drug-likeness (QED) is 0.917. The topological polar surface area (TPSA) is 59.3 Å². The van der Waals surface area contributed by atoms with E-state index >= 15 is 0 Å². The molecule has 0 aliphatic carbocycles. The van der Waals surface area contributed by atoms with E-state index in [2.05, 4.69) is 21.2 Å². The highest BCUT2D eigenvalue weighted by molar-refractivity contribution is 9.10. The number of sulfone groups is 1. The van der Waals surface area contributed by atoms with Crippen LogP contribution >= 0.6 is 15.9 Å². The van der Waals surface area contributed by atoms with E-state index in [4.69, 9.17) is 4.42 Å². The molecule has 2 heterocycles. The van der Waals surface area contributed by atoms with E-state index in [9.17, 15) is 8.42 Å². The van der Waals surface area contributed by atoms with Gasteiger partial charge in [0.15, 0.2) is 14.5 Å². The van der Waals surface area contributed by atoms with Crippen LogP contribution in [0.3, 0.4) is 0 Å².